The first-order valence-electron chi connectivity index (χ1n) is 7.61. The molecule has 0 amide bonds. The minimum Gasteiger partial charge on any atom is -0.276 e. The van der Waals surface area contributed by atoms with Crippen LogP contribution in [0.5, 0.6) is 0 Å². The zero-order valence-corrected chi connectivity index (χ0v) is 16.7. The molecule has 0 saturated carbocycles. The standard InChI is InChI=1S/C15H5Cl2F6N5O2S/c16-7-3-6(14(18,19)20)4-8(17)11(7)28-12(9-1-2-25-26-9)13(10(5-24)27-28)31(29,30)15(21,22)23/h1-4H,(H,25,26). The molecule has 2 aromatic heterocycles. The second-order valence-corrected chi connectivity index (χ2v) is 8.45. The number of benzene rings is 1. The molecule has 0 atom stereocenters. The molecule has 0 aliphatic rings. The van der Waals surface area contributed by atoms with E-state index in [0.29, 0.717) is 16.8 Å². The van der Waals surface area contributed by atoms with Gasteiger partial charge < -0.3 is 0 Å². The molecule has 3 rings (SSSR count). The van der Waals surface area contributed by atoms with E-state index in [9.17, 15) is 40.0 Å². The Labute approximate surface area is 178 Å². The molecule has 31 heavy (non-hydrogen) atoms. The van der Waals surface area contributed by atoms with Gasteiger partial charge >= 0.3 is 11.7 Å². The molecule has 0 fully saturated rings. The average molecular weight is 504 g/mol. The van der Waals surface area contributed by atoms with E-state index in [4.69, 9.17) is 23.2 Å². The van der Waals surface area contributed by atoms with Gasteiger partial charge in [-0.25, -0.2) is 13.1 Å². The molecule has 0 unspecified atom stereocenters. The van der Waals surface area contributed by atoms with Crippen molar-refractivity contribution in [1.82, 2.24) is 20.0 Å². The van der Waals surface area contributed by atoms with Crippen LogP contribution in [-0.4, -0.2) is 33.9 Å². The van der Waals surface area contributed by atoms with Crippen LogP contribution in [0.25, 0.3) is 17.1 Å². The molecule has 164 valence electrons. The third-order valence-electron chi connectivity index (χ3n) is 3.83. The number of halogens is 8. The van der Waals surface area contributed by atoms with E-state index in [1.807, 2.05) is 0 Å². The number of rotatable bonds is 3. The van der Waals surface area contributed by atoms with Gasteiger partial charge in [-0.2, -0.15) is 41.8 Å². The average Bonchev–Trinajstić information content (AvgIpc) is 3.26. The molecule has 0 aliphatic carbocycles. The van der Waals surface area contributed by atoms with Crippen molar-refractivity contribution < 1.29 is 34.8 Å². The molecular formula is C15H5Cl2F6N5O2S. The Hall–Kier alpha value is -2.76. The lowest BCUT2D eigenvalue weighted by molar-refractivity contribution is -0.137. The van der Waals surface area contributed by atoms with Crippen LogP contribution in [-0.2, 0) is 16.0 Å². The maximum Gasteiger partial charge on any atom is 0.502 e. The van der Waals surface area contributed by atoms with E-state index >= 15 is 0 Å². The van der Waals surface area contributed by atoms with Gasteiger partial charge in [0.1, 0.15) is 22.3 Å². The predicted molar refractivity (Wildman–Crippen MR) is 94.1 cm³/mol. The highest BCUT2D eigenvalue weighted by atomic mass is 35.5. The molecule has 0 aliphatic heterocycles. The largest absolute Gasteiger partial charge is 0.502 e. The molecule has 1 aromatic carbocycles. The molecule has 0 bridgehead atoms. The van der Waals surface area contributed by atoms with Gasteiger partial charge in [-0.3, -0.25) is 5.10 Å². The van der Waals surface area contributed by atoms with Gasteiger partial charge in [0.15, 0.2) is 5.69 Å². The van der Waals surface area contributed by atoms with Crippen molar-refractivity contribution in [2.45, 2.75) is 16.6 Å². The third-order valence-corrected chi connectivity index (χ3v) is 5.94. The van der Waals surface area contributed by atoms with Crippen molar-refractivity contribution in [1.29, 1.82) is 5.26 Å². The molecule has 2 heterocycles. The maximum atomic E-state index is 13.3. The lowest BCUT2D eigenvalue weighted by atomic mass is 10.2. The zero-order valence-electron chi connectivity index (χ0n) is 14.3. The fourth-order valence-corrected chi connectivity index (χ4v) is 4.24. The topological polar surface area (TPSA) is 104 Å². The first-order chi connectivity index (χ1) is 14.2. The summed E-state index contributed by atoms with van der Waals surface area (Å²) in [5.41, 5.74) is -10.1. The number of aromatic amines is 1. The Morgan fingerprint density at radius 2 is 1.68 bits per heavy atom. The Kier molecular flexibility index (Phi) is 5.49. The van der Waals surface area contributed by atoms with Crippen molar-refractivity contribution in [2.24, 2.45) is 0 Å². The monoisotopic (exact) mass is 503 g/mol. The number of sulfone groups is 1. The molecular weight excluding hydrogens is 499 g/mol. The molecule has 3 aromatic rings. The first-order valence-corrected chi connectivity index (χ1v) is 9.85. The van der Waals surface area contributed by atoms with Crippen LogP contribution in [0, 0.1) is 11.3 Å². The summed E-state index contributed by atoms with van der Waals surface area (Å²) in [6, 6.07) is 3.12. The first kappa shape index (κ1) is 22.9. The molecule has 0 saturated heterocycles. The SMILES string of the molecule is N#Cc1nn(-c2c(Cl)cc(C(F)(F)F)cc2Cl)c(-c2ccn[nH]2)c1S(=O)(=O)C(F)(F)F. The summed E-state index contributed by atoms with van der Waals surface area (Å²) in [4.78, 5) is -1.54. The Morgan fingerprint density at radius 1 is 1.10 bits per heavy atom. The lowest BCUT2D eigenvalue weighted by Crippen LogP contribution is -2.24. The lowest BCUT2D eigenvalue weighted by Gasteiger charge is -2.15. The van der Waals surface area contributed by atoms with Gasteiger partial charge in [0.2, 0.25) is 0 Å². The molecule has 0 radical (unpaired) electrons. The second kappa shape index (κ2) is 7.43. The van der Waals surface area contributed by atoms with E-state index in [1.165, 1.54) is 6.07 Å². The van der Waals surface area contributed by atoms with Crippen LogP contribution in [0.3, 0.4) is 0 Å². The van der Waals surface area contributed by atoms with Gasteiger partial charge in [-0.1, -0.05) is 23.2 Å². The van der Waals surface area contributed by atoms with Crippen molar-refractivity contribution in [2.75, 3.05) is 0 Å². The maximum absolute atomic E-state index is 13.3. The summed E-state index contributed by atoms with van der Waals surface area (Å²) in [6.07, 6.45) is -3.80. The van der Waals surface area contributed by atoms with Gasteiger partial charge in [0, 0.05) is 6.20 Å². The molecule has 16 heteroatoms. The van der Waals surface area contributed by atoms with Crippen LogP contribution in [0.4, 0.5) is 26.3 Å². The number of H-pyrrole nitrogens is 1. The summed E-state index contributed by atoms with van der Waals surface area (Å²) in [5, 5.41) is 17.0. The van der Waals surface area contributed by atoms with Crippen LogP contribution in [0.1, 0.15) is 11.3 Å². The zero-order chi connectivity index (χ0) is 23.4. The van der Waals surface area contributed by atoms with Crippen molar-refractivity contribution in [3.8, 4) is 23.1 Å². The van der Waals surface area contributed by atoms with E-state index in [1.54, 1.807) is 0 Å². The van der Waals surface area contributed by atoms with Crippen molar-refractivity contribution in [3.63, 3.8) is 0 Å². The predicted octanol–water partition coefficient (Wildman–Crippen LogP) is 4.75. The van der Waals surface area contributed by atoms with Crippen LogP contribution < -0.4 is 0 Å². The number of hydrogen-bond acceptors (Lipinski definition) is 5. The highest BCUT2D eigenvalue weighted by molar-refractivity contribution is 7.92. The van der Waals surface area contributed by atoms with E-state index in [2.05, 4.69) is 15.3 Å². The number of hydrogen-bond donors (Lipinski definition) is 1. The normalized spacial score (nSPS) is 12.7. The summed E-state index contributed by atoms with van der Waals surface area (Å²) in [5.74, 6) is 0. The highest BCUT2D eigenvalue weighted by Gasteiger charge is 2.51. The van der Waals surface area contributed by atoms with E-state index < -0.39 is 59.1 Å². The summed E-state index contributed by atoms with van der Waals surface area (Å²) < 4.78 is 104. The van der Waals surface area contributed by atoms with Gasteiger partial charge in [0.05, 0.1) is 21.3 Å². The molecule has 0 spiro atoms. The number of nitrogens with one attached hydrogen (secondary N) is 1. The van der Waals surface area contributed by atoms with Crippen LogP contribution in [0.2, 0.25) is 10.0 Å². The minimum absolute atomic E-state index is 0.358. The Balaban J connectivity index is 2.46. The fraction of sp³-hybridized carbons (Fsp3) is 0.133. The minimum atomic E-state index is -6.14. The van der Waals surface area contributed by atoms with Gasteiger partial charge in [-0.05, 0) is 18.2 Å². The van der Waals surface area contributed by atoms with Crippen LogP contribution >= 0.6 is 23.2 Å². The number of nitriles is 1. The third kappa shape index (κ3) is 3.84. The van der Waals surface area contributed by atoms with Crippen molar-refractivity contribution >= 4 is 33.0 Å². The molecule has 7 nitrogen and oxygen atoms in total. The number of alkyl halides is 6. The van der Waals surface area contributed by atoms with Crippen molar-refractivity contribution in [3.05, 3.63) is 45.7 Å². The smallest absolute Gasteiger partial charge is 0.276 e. The second-order valence-electron chi connectivity index (χ2n) is 5.76. The number of aromatic nitrogens is 4. The number of nitrogens with zero attached hydrogens (tertiary/aromatic N) is 4. The summed E-state index contributed by atoms with van der Waals surface area (Å²) in [7, 11) is -6.14. The van der Waals surface area contributed by atoms with E-state index in [-0.39, 0.29) is 5.69 Å². The molecule has 1 N–H and O–H groups in total. The fourth-order valence-electron chi connectivity index (χ4n) is 2.56. The summed E-state index contributed by atoms with van der Waals surface area (Å²) in [6.45, 7) is 0. The van der Waals surface area contributed by atoms with Gasteiger partial charge in [0.25, 0.3) is 9.84 Å². The quantitative estimate of drug-likeness (QED) is 0.519. The Bertz CT molecular complexity index is 1280. The summed E-state index contributed by atoms with van der Waals surface area (Å²) >= 11 is 11.8. The Morgan fingerprint density at radius 3 is 2.10 bits per heavy atom. The van der Waals surface area contributed by atoms with Crippen LogP contribution in [0.15, 0.2) is 29.3 Å². The van der Waals surface area contributed by atoms with Gasteiger partial charge in [-0.15, -0.1) is 0 Å². The highest BCUT2D eigenvalue weighted by Crippen LogP contribution is 2.42. The van der Waals surface area contributed by atoms with E-state index in [0.717, 1.165) is 12.3 Å².